The Bertz CT molecular complexity index is 576. The molecule has 1 heterocycles. The zero-order valence-electron chi connectivity index (χ0n) is 12.3. The van der Waals surface area contributed by atoms with Crippen LogP contribution in [0.4, 0.5) is 4.79 Å². The van der Waals surface area contributed by atoms with Crippen molar-refractivity contribution >= 4 is 6.09 Å². The number of hydrogen-bond acceptors (Lipinski definition) is 3. The van der Waals surface area contributed by atoms with Gasteiger partial charge >= 0.3 is 6.09 Å². The fourth-order valence-electron chi connectivity index (χ4n) is 3.22. The molecule has 0 radical (unpaired) electrons. The molecule has 0 aliphatic carbocycles. The monoisotopic (exact) mass is 296 g/mol. The average molecular weight is 296 g/mol. The first kappa shape index (κ1) is 14.6. The molecule has 2 aromatic rings. The summed E-state index contributed by atoms with van der Waals surface area (Å²) in [5.41, 5.74) is 7.64. The van der Waals surface area contributed by atoms with Gasteiger partial charge in [-0.25, -0.2) is 4.79 Å². The minimum absolute atomic E-state index is 0.155. The largest absolute Gasteiger partial charge is 0.445 e. The van der Waals surface area contributed by atoms with Gasteiger partial charge in [-0.15, -0.1) is 0 Å². The first-order valence-corrected chi connectivity index (χ1v) is 7.53. The van der Waals surface area contributed by atoms with Crippen molar-refractivity contribution in [2.75, 3.05) is 6.54 Å². The van der Waals surface area contributed by atoms with Crippen LogP contribution < -0.4 is 11.1 Å². The van der Waals surface area contributed by atoms with Gasteiger partial charge in [0.1, 0.15) is 6.10 Å². The average Bonchev–Trinajstić information content (AvgIpc) is 2.97. The van der Waals surface area contributed by atoms with Crippen LogP contribution in [0.15, 0.2) is 60.7 Å². The van der Waals surface area contributed by atoms with E-state index in [0.717, 1.165) is 6.42 Å². The number of carbonyl (C=O) groups is 1. The summed E-state index contributed by atoms with van der Waals surface area (Å²) in [6, 6.07) is 21.0. The van der Waals surface area contributed by atoms with E-state index in [0.29, 0.717) is 6.54 Å². The van der Waals surface area contributed by atoms with Crippen molar-refractivity contribution in [1.82, 2.24) is 5.32 Å². The minimum Gasteiger partial charge on any atom is -0.445 e. The normalized spacial score (nSPS) is 21.0. The summed E-state index contributed by atoms with van der Waals surface area (Å²) in [6.07, 6.45) is -0.0990. The van der Waals surface area contributed by atoms with Crippen molar-refractivity contribution in [3.8, 4) is 0 Å². The Morgan fingerprint density at radius 1 is 1.05 bits per heavy atom. The van der Waals surface area contributed by atoms with E-state index in [2.05, 4.69) is 53.8 Å². The summed E-state index contributed by atoms with van der Waals surface area (Å²) < 4.78 is 5.14. The van der Waals surface area contributed by atoms with Crippen molar-refractivity contribution in [1.29, 1.82) is 0 Å². The second-order valence-corrected chi connectivity index (χ2v) is 5.61. The maximum atomic E-state index is 10.9. The highest BCUT2D eigenvalue weighted by Gasteiger charge is 2.33. The Labute approximate surface area is 130 Å². The van der Waals surface area contributed by atoms with Crippen LogP contribution in [0, 0.1) is 0 Å². The lowest BCUT2D eigenvalue weighted by atomic mass is 9.84. The molecule has 2 atom stereocenters. The topological polar surface area (TPSA) is 64.4 Å². The van der Waals surface area contributed by atoms with Gasteiger partial charge in [-0.05, 0) is 11.1 Å². The lowest BCUT2D eigenvalue weighted by molar-refractivity contribution is 0.115. The predicted octanol–water partition coefficient (Wildman–Crippen LogP) is 2.64. The first-order valence-electron chi connectivity index (χ1n) is 7.53. The van der Waals surface area contributed by atoms with E-state index >= 15 is 0 Å². The Hall–Kier alpha value is -2.33. The predicted molar refractivity (Wildman–Crippen MR) is 85.6 cm³/mol. The van der Waals surface area contributed by atoms with Gasteiger partial charge in [-0.2, -0.15) is 0 Å². The summed E-state index contributed by atoms with van der Waals surface area (Å²) in [5.74, 6) is 0.226. The summed E-state index contributed by atoms with van der Waals surface area (Å²) >= 11 is 0. The van der Waals surface area contributed by atoms with Crippen molar-refractivity contribution < 1.29 is 9.53 Å². The van der Waals surface area contributed by atoms with Crippen LogP contribution >= 0.6 is 0 Å². The fourth-order valence-corrected chi connectivity index (χ4v) is 3.22. The van der Waals surface area contributed by atoms with Gasteiger partial charge in [0.2, 0.25) is 0 Å². The van der Waals surface area contributed by atoms with E-state index in [-0.39, 0.29) is 18.1 Å². The Kier molecular flexibility index (Phi) is 4.39. The number of amides is 1. The van der Waals surface area contributed by atoms with E-state index in [9.17, 15) is 4.79 Å². The van der Waals surface area contributed by atoms with Gasteiger partial charge < -0.3 is 15.8 Å². The summed E-state index contributed by atoms with van der Waals surface area (Å²) in [7, 11) is 0. The summed E-state index contributed by atoms with van der Waals surface area (Å²) in [4.78, 5) is 10.9. The van der Waals surface area contributed by atoms with E-state index < -0.39 is 6.09 Å². The van der Waals surface area contributed by atoms with Crippen LogP contribution in [0.25, 0.3) is 0 Å². The molecule has 4 nitrogen and oxygen atoms in total. The van der Waals surface area contributed by atoms with E-state index in [1.54, 1.807) is 0 Å². The van der Waals surface area contributed by atoms with Gasteiger partial charge in [-0.1, -0.05) is 60.7 Å². The molecule has 0 aromatic heterocycles. The molecule has 0 unspecified atom stereocenters. The van der Waals surface area contributed by atoms with Crippen LogP contribution in [0.3, 0.4) is 0 Å². The van der Waals surface area contributed by atoms with Gasteiger partial charge in [0.25, 0.3) is 0 Å². The minimum atomic E-state index is -0.705. The first-order chi connectivity index (χ1) is 10.7. The van der Waals surface area contributed by atoms with Crippen molar-refractivity contribution in [3.05, 3.63) is 71.8 Å². The molecule has 1 aliphatic heterocycles. The Morgan fingerprint density at radius 2 is 1.59 bits per heavy atom. The third-order valence-electron chi connectivity index (χ3n) is 4.13. The maximum absolute atomic E-state index is 10.9. The molecular weight excluding hydrogens is 276 g/mol. The number of ether oxygens (including phenoxy) is 1. The van der Waals surface area contributed by atoms with Crippen LogP contribution in [0.2, 0.25) is 0 Å². The molecule has 114 valence electrons. The van der Waals surface area contributed by atoms with Crippen LogP contribution in [-0.4, -0.2) is 24.8 Å². The smallest absolute Gasteiger partial charge is 0.404 e. The van der Waals surface area contributed by atoms with E-state index in [4.69, 9.17) is 10.5 Å². The van der Waals surface area contributed by atoms with Crippen molar-refractivity contribution in [2.24, 2.45) is 5.73 Å². The van der Waals surface area contributed by atoms with Gasteiger partial charge in [0, 0.05) is 24.9 Å². The zero-order valence-corrected chi connectivity index (χ0v) is 12.3. The Morgan fingerprint density at radius 3 is 2.09 bits per heavy atom. The fraction of sp³-hybridized carbons (Fsp3) is 0.278. The second-order valence-electron chi connectivity index (χ2n) is 5.61. The van der Waals surface area contributed by atoms with Crippen LogP contribution in [-0.2, 0) is 4.74 Å². The molecule has 4 heteroatoms. The second kappa shape index (κ2) is 6.62. The summed E-state index contributed by atoms with van der Waals surface area (Å²) in [5, 5.41) is 3.48. The molecule has 0 saturated carbocycles. The van der Waals surface area contributed by atoms with E-state index in [1.165, 1.54) is 11.1 Å². The molecular formula is C18H20N2O2. The molecule has 0 spiro atoms. The Balaban J connectivity index is 1.86. The number of hydrogen-bond donors (Lipinski definition) is 2. The lowest BCUT2D eigenvalue weighted by Crippen LogP contribution is -2.29. The third kappa shape index (κ3) is 3.28. The highest BCUT2D eigenvalue weighted by molar-refractivity contribution is 5.64. The third-order valence-corrected chi connectivity index (χ3v) is 4.13. The molecule has 1 aliphatic rings. The maximum Gasteiger partial charge on any atom is 0.404 e. The zero-order chi connectivity index (χ0) is 15.4. The standard InChI is InChI=1S/C18H20N2O2/c19-18(21)22-15-11-16(20-12-15)17(13-7-3-1-4-8-13)14-9-5-2-6-10-14/h1-10,15-17,20H,11-12H2,(H2,19,21)/t15-,16+/m0/s1. The molecule has 1 amide bonds. The SMILES string of the molecule is NC(=O)O[C@@H]1CN[C@@H](C(c2ccccc2)c2ccccc2)C1. The number of benzene rings is 2. The molecule has 2 aromatic carbocycles. The van der Waals surface area contributed by atoms with Crippen LogP contribution in [0.5, 0.6) is 0 Å². The molecule has 0 bridgehead atoms. The highest BCUT2D eigenvalue weighted by Crippen LogP contribution is 2.32. The summed E-state index contributed by atoms with van der Waals surface area (Å²) in [6.45, 7) is 0.643. The molecule has 1 fully saturated rings. The number of rotatable bonds is 4. The molecule has 1 saturated heterocycles. The number of primary amides is 1. The van der Waals surface area contributed by atoms with Gasteiger partial charge in [-0.3, -0.25) is 0 Å². The van der Waals surface area contributed by atoms with E-state index in [1.807, 2.05) is 12.1 Å². The number of nitrogens with two attached hydrogens (primary N) is 1. The molecule has 3 N–H and O–H groups in total. The van der Waals surface area contributed by atoms with Crippen LogP contribution in [0.1, 0.15) is 23.5 Å². The molecule has 3 rings (SSSR count). The lowest BCUT2D eigenvalue weighted by Gasteiger charge is -2.25. The molecule has 22 heavy (non-hydrogen) atoms. The number of nitrogens with one attached hydrogen (secondary N) is 1. The van der Waals surface area contributed by atoms with Crippen molar-refractivity contribution in [3.63, 3.8) is 0 Å². The quantitative estimate of drug-likeness (QED) is 0.911. The van der Waals surface area contributed by atoms with Crippen molar-refractivity contribution in [2.45, 2.75) is 24.5 Å². The van der Waals surface area contributed by atoms with Gasteiger partial charge in [0.05, 0.1) is 0 Å². The highest BCUT2D eigenvalue weighted by atomic mass is 16.6. The van der Waals surface area contributed by atoms with Gasteiger partial charge in [0.15, 0.2) is 0 Å². The number of carbonyl (C=O) groups excluding carboxylic acids is 1.